The van der Waals surface area contributed by atoms with Gasteiger partial charge in [-0.1, -0.05) is 32.1 Å². The summed E-state index contributed by atoms with van der Waals surface area (Å²) in [5, 5.41) is 0. The summed E-state index contributed by atoms with van der Waals surface area (Å²) in [6, 6.07) is 0. The van der Waals surface area contributed by atoms with Gasteiger partial charge in [-0.3, -0.25) is 0 Å². The van der Waals surface area contributed by atoms with Gasteiger partial charge in [0.15, 0.2) is 0 Å². The molecule has 0 N–H and O–H groups in total. The molecule has 96 valence electrons. The van der Waals surface area contributed by atoms with Crippen LogP contribution in [0.5, 0.6) is 0 Å². The van der Waals surface area contributed by atoms with Gasteiger partial charge in [0.1, 0.15) is 0 Å². The number of rotatable bonds is 4. The second kappa shape index (κ2) is 7.07. The van der Waals surface area contributed by atoms with Crippen LogP contribution in [0.2, 0.25) is 0 Å². The van der Waals surface area contributed by atoms with Gasteiger partial charge in [-0.25, -0.2) is 0 Å². The predicted molar refractivity (Wildman–Crippen MR) is 73.8 cm³/mol. The molecule has 2 aliphatic rings. The van der Waals surface area contributed by atoms with Gasteiger partial charge in [-0.15, -0.1) is 11.8 Å². The van der Waals surface area contributed by atoms with Crippen LogP contribution in [-0.4, -0.2) is 24.5 Å². The van der Waals surface area contributed by atoms with Gasteiger partial charge in [0.05, 0.1) is 0 Å². The van der Waals surface area contributed by atoms with Crippen LogP contribution in [0.3, 0.4) is 0 Å². The lowest BCUT2D eigenvalue weighted by Gasteiger charge is -2.24. The fourth-order valence-electron chi connectivity index (χ4n) is 3.54. The van der Waals surface area contributed by atoms with E-state index < -0.39 is 0 Å². The zero-order valence-electron chi connectivity index (χ0n) is 11.4. The average molecular weight is 233 g/mol. The predicted octanol–water partition coefficient (Wildman–Crippen LogP) is 3.69. The summed E-state index contributed by atoms with van der Waals surface area (Å²) in [7, 11) is 0. The minimum Gasteiger partial charge on any atom is -0.302 e. The Bertz CT molecular complexity index is 267. The average Bonchev–Trinajstić information content (AvgIpc) is 2.79. The van der Waals surface area contributed by atoms with Gasteiger partial charge in [0.25, 0.3) is 0 Å². The number of hydrogen-bond donors (Lipinski definition) is 0. The first-order valence-corrected chi connectivity index (χ1v) is 7.50. The van der Waals surface area contributed by atoms with E-state index in [1.165, 1.54) is 64.6 Å². The molecule has 0 radical (unpaired) electrons. The van der Waals surface area contributed by atoms with Crippen LogP contribution >= 0.6 is 0 Å². The zero-order valence-corrected chi connectivity index (χ0v) is 11.4. The molecule has 1 aliphatic heterocycles. The molecular formula is C16H27N. The van der Waals surface area contributed by atoms with E-state index in [0.29, 0.717) is 0 Å². The lowest BCUT2D eigenvalue weighted by molar-refractivity contribution is 0.274. The molecule has 1 heteroatoms. The lowest BCUT2D eigenvalue weighted by atomic mass is 9.82. The molecule has 1 saturated carbocycles. The van der Waals surface area contributed by atoms with Crippen molar-refractivity contribution in [3.05, 3.63) is 0 Å². The summed E-state index contributed by atoms with van der Waals surface area (Å²) in [4.78, 5) is 2.62. The SMILES string of the molecule is CC#CCCN1CCC(CC2CCCCC2)C1. The molecule has 0 spiro atoms. The number of hydrogen-bond acceptors (Lipinski definition) is 1. The highest BCUT2D eigenvalue weighted by Crippen LogP contribution is 2.32. The van der Waals surface area contributed by atoms with E-state index in [1.54, 1.807) is 0 Å². The second-order valence-corrected chi connectivity index (χ2v) is 5.87. The molecule has 0 aromatic heterocycles. The summed E-state index contributed by atoms with van der Waals surface area (Å²) in [5.41, 5.74) is 0. The largest absolute Gasteiger partial charge is 0.302 e. The Morgan fingerprint density at radius 2 is 1.88 bits per heavy atom. The van der Waals surface area contributed by atoms with Gasteiger partial charge in [0.2, 0.25) is 0 Å². The molecule has 1 unspecified atom stereocenters. The maximum absolute atomic E-state index is 3.18. The second-order valence-electron chi connectivity index (χ2n) is 5.87. The van der Waals surface area contributed by atoms with Crippen molar-refractivity contribution >= 4 is 0 Å². The zero-order chi connectivity index (χ0) is 11.9. The fraction of sp³-hybridized carbons (Fsp3) is 0.875. The highest BCUT2D eigenvalue weighted by molar-refractivity contribution is 4.95. The molecule has 1 aliphatic carbocycles. The summed E-state index contributed by atoms with van der Waals surface area (Å²) in [6.07, 6.45) is 11.5. The lowest BCUT2D eigenvalue weighted by Crippen LogP contribution is -2.22. The number of likely N-dealkylation sites (tertiary alicyclic amines) is 1. The Balaban J connectivity index is 1.64. The van der Waals surface area contributed by atoms with Crippen molar-refractivity contribution in [3.63, 3.8) is 0 Å². The molecule has 2 fully saturated rings. The van der Waals surface area contributed by atoms with Crippen molar-refractivity contribution in [1.29, 1.82) is 0 Å². The van der Waals surface area contributed by atoms with Gasteiger partial charge in [0, 0.05) is 19.5 Å². The minimum atomic E-state index is 0.993. The highest BCUT2D eigenvalue weighted by Gasteiger charge is 2.25. The topological polar surface area (TPSA) is 3.24 Å². The van der Waals surface area contributed by atoms with Crippen molar-refractivity contribution in [2.24, 2.45) is 11.8 Å². The monoisotopic (exact) mass is 233 g/mol. The van der Waals surface area contributed by atoms with Crippen molar-refractivity contribution in [3.8, 4) is 11.8 Å². The van der Waals surface area contributed by atoms with Crippen LogP contribution < -0.4 is 0 Å². The van der Waals surface area contributed by atoms with Gasteiger partial charge >= 0.3 is 0 Å². The third-order valence-corrected chi connectivity index (χ3v) is 4.49. The van der Waals surface area contributed by atoms with E-state index in [-0.39, 0.29) is 0 Å². The van der Waals surface area contributed by atoms with E-state index in [0.717, 1.165) is 18.3 Å². The van der Waals surface area contributed by atoms with Crippen LogP contribution in [0, 0.1) is 23.7 Å². The molecule has 17 heavy (non-hydrogen) atoms. The van der Waals surface area contributed by atoms with E-state index >= 15 is 0 Å². The Labute approximate surface area is 107 Å². The normalized spacial score (nSPS) is 26.8. The van der Waals surface area contributed by atoms with E-state index in [2.05, 4.69) is 16.7 Å². The maximum atomic E-state index is 3.18. The Morgan fingerprint density at radius 3 is 2.65 bits per heavy atom. The molecule has 0 amide bonds. The first-order chi connectivity index (χ1) is 8.38. The third-order valence-electron chi connectivity index (χ3n) is 4.49. The first-order valence-electron chi connectivity index (χ1n) is 7.50. The Kier molecular flexibility index (Phi) is 5.39. The van der Waals surface area contributed by atoms with Gasteiger partial charge < -0.3 is 4.90 Å². The van der Waals surface area contributed by atoms with E-state index in [9.17, 15) is 0 Å². The van der Waals surface area contributed by atoms with Crippen LogP contribution in [-0.2, 0) is 0 Å². The number of nitrogens with zero attached hydrogens (tertiary/aromatic N) is 1. The third kappa shape index (κ3) is 4.36. The summed E-state index contributed by atoms with van der Waals surface area (Å²) in [6.45, 7) is 5.81. The Morgan fingerprint density at radius 1 is 1.06 bits per heavy atom. The van der Waals surface area contributed by atoms with Crippen LogP contribution in [0.1, 0.15) is 58.3 Å². The summed E-state index contributed by atoms with van der Waals surface area (Å²) >= 11 is 0. The molecule has 1 atom stereocenters. The quantitative estimate of drug-likeness (QED) is 0.669. The molecule has 1 nitrogen and oxygen atoms in total. The molecule has 1 saturated heterocycles. The minimum absolute atomic E-state index is 0.993. The molecule has 0 aromatic rings. The molecule has 0 aromatic carbocycles. The smallest absolute Gasteiger partial charge is 0.0216 e. The van der Waals surface area contributed by atoms with Crippen molar-refractivity contribution in [2.45, 2.75) is 58.3 Å². The van der Waals surface area contributed by atoms with Gasteiger partial charge in [-0.05, 0) is 38.1 Å². The summed E-state index contributed by atoms with van der Waals surface area (Å²) < 4.78 is 0. The standard InChI is InChI=1S/C16H27N/c1-2-3-7-11-17-12-10-16(14-17)13-15-8-5-4-6-9-15/h15-16H,4-14H2,1H3. The highest BCUT2D eigenvalue weighted by atomic mass is 15.1. The fourth-order valence-corrected chi connectivity index (χ4v) is 3.54. The van der Waals surface area contributed by atoms with Crippen LogP contribution in [0.15, 0.2) is 0 Å². The van der Waals surface area contributed by atoms with Crippen LogP contribution in [0.25, 0.3) is 0 Å². The van der Waals surface area contributed by atoms with E-state index in [1.807, 2.05) is 6.92 Å². The van der Waals surface area contributed by atoms with Gasteiger partial charge in [-0.2, -0.15) is 0 Å². The van der Waals surface area contributed by atoms with Crippen LogP contribution in [0.4, 0.5) is 0 Å². The molecule has 1 heterocycles. The molecule has 0 bridgehead atoms. The van der Waals surface area contributed by atoms with Crippen molar-refractivity contribution < 1.29 is 0 Å². The summed E-state index contributed by atoms with van der Waals surface area (Å²) in [5.74, 6) is 8.22. The Hall–Kier alpha value is -0.480. The van der Waals surface area contributed by atoms with E-state index in [4.69, 9.17) is 0 Å². The molecular weight excluding hydrogens is 206 g/mol. The molecule has 2 rings (SSSR count). The first kappa shape index (κ1) is 13.0. The van der Waals surface area contributed by atoms with Crippen molar-refractivity contribution in [1.82, 2.24) is 4.90 Å². The van der Waals surface area contributed by atoms with Crippen molar-refractivity contribution in [2.75, 3.05) is 19.6 Å². The maximum Gasteiger partial charge on any atom is 0.0216 e.